The summed E-state index contributed by atoms with van der Waals surface area (Å²) in [5.41, 5.74) is 0.942. The maximum atomic E-state index is 11.3. The smallest absolute Gasteiger partial charge is 0.327 e. The molecule has 1 atom stereocenters. The molecule has 0 spiro atoms. The van der Waals surface area contributed by atoms with Gasteiger partial charge in [0.25, 0.3) is 0 Å². The van der Waals surface area contributed by atoms with Gasteiger partial charge in [-0.3, -0.25) is 0 Å². The van der Waals surface area contributed by atoms with Crippen LogP contribution in [0.2, 0.25) is 0 Å². The van der Waals surface area contributed by atoms with E-state index in [1.54, 1.807) is 24.1 Å². The topological polar surface area (TPSA) is 64.3 Å². The van der Waals surface area contributed by atoms with Crippen molar-refractivity contribution in [1.82, 2.24) is 9.55 Å². The predicted octanol–water partition coefficient (Wildman–Crippen LogP) is 1.76. The molecular formula is C13H14N2O3. The van der Waals surface area contributed by atoms with Crippen LogP contribution in [0.15, 0.2) is 43.0 Å². The van der Waals surface area contributed by atoms with Crippen LogP contribution < -0.4 is 4.74 Å². The Kier molecular flexibility index (Phi) is 3.62. The van der Waals surface area contributed by atoms with Gasteiger partial charge in [-0.15, -0.1) is 0 Å². The lowest BCUT2D eigenvalue weighted by Gasteiger charge is -2.13. The molecule has 0 bridgehead atoms. The van der Waals surface area contributed by atoms with Crippen molar-refractivity contribution in [1.29, 1.82) is 0 Å². The van der Waals surface area contributed by atoms with Gasteiger partial charge in [0.1, 0.15) is 11.8 Å². The molecule has 2 rings (SSSR count). The summed E-state index contributed by atoms with van der Waals surface area (Å²) in [7, 11) is 1.60. The molecule has 1 N–H and O–H groups in total. The van der Waals surface area contributed by atoms with Crippen molar-refractivity contribution in [3.05, 3.63) is 48.5 Å². The molecule has 0 aliphatic rings. The van der Waals surface area contributed by atoms with E-state index < -0.39 is 12.0 Å². The molecule has 1 aromatic heterocycles. The number of ether oxygens (including phenoxy) is 1. The molecule has 2 aromatic rings. The molecule has 1 unspecified atom stereocenters. The second-order valence-electron chi connectivity index (χ2n) is 3.92. The van der Waals surface area contributed by atoms with E-state index in [2.05, 4.69) is 4.98 Å². The number of hydrogen-bond acceptors (Lipinski definition) is 3. The van der Waals surface area contributed by atoms with Gasteiger partial charge in [-0.2, -0.15) is 0 Å². The van der Waals surface area contributed by atoms with Gasteiger partial charge in [-0.25, -0.2) is 9.78 Å². The molecule has 0 aliphatic carbocycles. The van der Waals surface area contributed by atoms with E-state index in [0.29, 0.717) is 6.42 Å². The number of carboxylic acids is 1. The quantitative estimate of drug-likeness (QED) is 0.873. The first-order valence-corrected chi connectivity index (χ1v) is 5.54. The molecule has 0 saturated carbocycles. The number of benzene rings is 1. The first kappa shape index (κ1) is 12.2. The first-order valence-electron chi connectivity index (χ1n) is 5.54. The van der Waals surface area contributed by atoms with E-state index in [1.165, 1.54) is 6.33 Å². The zero-order valence-electron chi connectivity index (χ0n) is 9.98. The minimum Gasteiger partial charge on any atom is -0.497 e. The van der Waals surface area contributed by atoms with Crippen molar-refractivity contribution in [2.75, 3.05) is 7.11 Å². The Bertz CT molecular complexity index is 506. The van der Waals surface area contributed by atoms with E-state index in [-0.39, 0.29) is 0 Å². The normalized spacial score (nSPS) is 12.1. The zero-order chi connectivity index (χ0) is 13.0. The van der Waals surface area contributed by atoms with Crippen LogP contribution in [-0.4, -0.2) is 27.7 Å². The first-order chi connectivity index (χ1) is 8.70. The third-order valence-corrected chi connectivity index (χ3v) is 2.76. The van der Waals surface area contributed by atoms with Crippen LogP contribution in [-0.2, 0) is 11.2 Å². The highest BCUT2D eigenvalue weighted by molar-refractivity contribution is 5.72. The standard InChI is InChI=1S/C13H14N2O3/c1-18-11-4-2-10(3-5-11)8-12(13(16)17)15-7-6-14-9-15/h2-7,9,12H,8H2,1H3,(H,16,17). The van der Waals surface area contributed by atoms with Gasteiger partial charge in [-0.05, 0) is 17.7 Å². The SMILES string of the molecule is COc1ccc(CC(C(=O)O)n2ccnc2)cc1. The number of nitrogens with zero attached hydrogens (tertiary/aromatic N) is 2. The minimum atomic E-state index is -0.871. The monoisotopic (exact) mass is 246 g/mol. The Morgan fingerprint density at radius 1 is 1.44 bits per heavy atom. The average molecular weight is 246 g/mol. The second-order valence-corrected chi connectivity index (χ2v) is 3.92. The summed E-state index contributed by atoms with van der Waals surface area (Å²) in [6.45, 7) is 0. The third-order valence-electron chi connectivity index (χ3n) is 2.76. The number of aliphatic carboxylic acids is 1. The number of carboxylic acid groups (broad SMARTS) is 1. The molecule has 5 nitrogen and oxygen atoms in total. The maximum Gasteiger partial charge on any atom is 0.327 e. The molecule has 94 valence electrons. The summed E-state index contributed by atoms with van der Waals surface area (Å²) >= 11 is 0. The third kappa shape index (κ3) is 2.68. The number of imidazole rings is 1. The summed E-state index contributed by atoms with van der Waals surface area (Å²) in [6.07, 6.45) is 5.16. The fraction of sp³-hybridized carbons (Fsp3) is 0.231. The van der Waals surface area contributed by atoms with Crippen molar-refractivity contribution >= 4 is 5.97 Å². The van der Waals surface area contributed by atoms with Gasteiger partial charge in [0.05, 0.1) is 13.4 Å². The van der Waals surface area contributed by atoms with Crippen molar-refractivity contribution in [3.8, 4) is 5.75 Å². The van der Waals surface area contributed by atoms with Crippen LogP contribution in [0.5, 0.6) is 5.75 Å². The molecule has 0 aliphatic heterocycles. The summed E-state index contributed by atoms with van der Waals surface area (Å²) in [6, 6.07) is 6.74. The highest BCUT2D eigenvalue weighted by Crippen LogP contribution is 2.17. The van der Waals surface area contributed by atoms with Gasteiger partial charge in [0.15, 0.2) is 0 Å². The van der Waals surface area contributed by atoms with Gasteiger partial charge < -0.3 is 14.4 Å². The van der Waals surface area contributed by atoms with Gasteiger partial charge in [0.2, 0.25) is 0 Å². The Balaban J connectivity index is 2.16. The molecule has 0 fully saturated rings. The fourth-order valence-corrected chi connectivity index (χ4v) is 1.76. The lowest BCUT2D eigenvalue weighted by Crippen LogP contribution is -2.20. The Labute approximate surface area is 105 Å². The second kappa shape index (κ2) is 5.35. The van der Waals surface area contributed by atoms with Crippen LogP contribution >= 0.6 is 0 Å². The molecular weight excluding hydrogens is 232 g/mol. The number of aromatic nitrogens is 2. The Hall–Kier alpha value is -2.30. The van der Waals surface area contributed by atoms with Crippen LogP contribution in [0.4, 0.5) is 0 Å². The van der Waals surface area contributed by atoms with Crippen LogP contribution in [0.3, 0.4) is 0 Å². The van der Waals surface area contributed by atoms with Gasteiger partial charge >= 0.3 is 5.97 Å². The molecule has 0 amide bonds. The summed E-state index contributed by atoms with van der Waals surface area (Å²) in [5, 5.41) is 9.23. The van der Waals surface area contributed by atoms with Crippen LogP contribution in [0, 0.1) is 0 Å². The summed E-state index contributed by atoms with van der Waals surface area (Å²) in [5.74, 6) is -0.114. The highest BCUT2D eigenvalue weighted by Gasteiger charge is 2.19. The maximum absolute atomic E-state index is 11.3. The van der Waals surface area contributed by atoms with E-state index in [4.69, 9.17) is 4.74 Å². The lowest BCUT2D eigenvalue weighted by atomic mass is 10.1. The van der Waals surface area contributed by atoms with Gasteiger partial charge in [0, 0.05) is 18.8 Å². The number of carbonyl (C=O) groups is 1. The van der Waals surface area contributed by atoms with Gasteiger partial charge in [-0.1, -0.05) is 12.1 Å². The molecule has 1 heterocycles. The highest BCUT2D eigenvalue weighted by atomic mass is 16.5. The Morgan fingerprint density at radius 2 is 2.17 bits per heavy atom. The van der Waals surface area contributed by atoms with Crippen molar-refractivity contribution in [3.63, 3.8) is 0 Å². The molecule has 0 saturated heterocycles. The molecule has 5 heteroatoms. The average Bonchev–Trinajstić information content (AvgIpc) is 2.90. The largest absolute Gasteiger partial charge is 0.497 e. The molecule has 1 aromatic carbocycles. The molecule has 18 heavy (non-hydrogen) atoms. The molecule has 0 radical (unpaired) electrons. The lowest BCUT2D eigenvalue weighted by molar-refractivity contribution is -0.140. The number of methoxy groups -OCH3 is 1. The fourth-order valence-electron chi connectivity index (χ4n) is 1.76. The number of hydrogen-bond donors (Lipinski definition) is 1. The van der Waals surface area contributed by atoms with Crippen molar-refractivity contribution in [2.24, 2.45) is 0 Å². The van der Waals surface area contributed by atoms with E-state index in [9.17, 15) is 9.90 Å². The van der Waals surface area contributed by atoms with E-state index >= 15 is 0 Å². The summed E-state index contributed by atoms with van der Waals surface area (Å²) in [4.78, 5) is 15.1. The predicted molar refractivity (Wildman–Crippen MR) is 65.6 cm³/mol. The minimum absolute atomic E-state index is 0.412. The van der Waals surface area contributed by atoms with E-state index in [0.717, 1.165) is 11.3 Å². The van der Waals surface area contributed by atoms with Crippen molar-refractivity contribution in [2.45, 2.75) is 12.5 Å². The van der Waals surface area contributed by atoms with Crippen LogP contribution in [0.25, 0.3) is 0 Å². The zero-order valence-corrected chi connectivity index (χ0v) is 9.98. The number of rotatable bonds is 5. The van der Waals surface area contributed by atoms with E-state index in [1.807, 2.05) is 24.3 Å². The summed E-state index contributed by atoms with van der Waals surface area (Å²) < 4.78 is 6.65. The van der Waals surface area contributed by atoms with Crippen molar-refractivity contribution < 1.29 is 14.6 Å². The Morgan fingerprint density at radius 3 is 2.67 bits per heavy atom. The van der Waals surface area contributed by atoms with Crippen LogP contribution in [0.1, 0.15) is 11.6 Å².